The third-order valence-corrected chi connectivity index (χ3v) is 3.51. The third-order valence-electron chi connectivity index (χ3n) is 3.51. The molecule has 2 rings (SSSR count). The summed E-state index contributed by atoms with van der Waals surface area (Å²) < 4.78 is 36.5. The molecule has 1 saturated carbocycles. The van der Waals surface area contributed by atoms with Crippen LogP contribution in [-0.2, 0) is 11.3 Å². The van der Waals surface area contributed by atoms with Gasteiger partial charge >= 0.3 is 12.1 Å². The fourth-order valence-electron chi connectivity index (χ4n) is 2.02. The van der Waals surface area contributed by atoms with Crippen molar-refractivity contribution in [2.45, 2.75) is 39.0 Å². The van der Waals surface area contributed by atoms with Crippen molar-refractivity contribution in [1.29, 1.82) is 0 Å². The van der Waals surface area contributed by atoms with E-state index in [1.807, 2.05) is 11.4 Å². The highest BCUT2D eigenvalue weighted by Gasteiger charge is 2.45. The lowest BCUT2D eigenvalue weighted by Gasteiger charge is -2.10. The Labute approximate surface area is 115 Å². The summed E-state index contributed by atoms with van der Waals surface area (Å²) in [6.07, 6.45) is -3.77. The molecule has 1 aromatic rings. The molecule has 1 fully saturated rings. The van der Waals surface area contributed by atoms with Gasteiger partial charge in [0.25, 0.3) is 0 Å². The maximum absolute atomic E-state index is 12.2. The van der Waals surface area contributed by atoms with Crippen LogP contribution in [0.5, 0.6) is 0 Å². The van der Waals surface area contributed by atoms with Gasteiger partial charge in [-0.25, -0.2) is 0 Å². The van der Waals surface area contributed by atoms with E-state index in [9.17, 15) is 18.0 Å². The number of nitrogens with one attached hydrogen (secondary N) is 2. The molecule has 0 aromatic heterocycles. The molecule has 1 atom stereocenters. The van der Waals surface area contributed by atoms with Crippen LogP contribution < -0.4 is 10.6 Å². The number of hydrogen-bond donors (Lipinski definition) is 2. The summed E-state index contributed by atoms with van der Waals surface area (Å²) in [6.45, 7) is 4.89. The zero-order valence-corrected chi connectivity index (χ0v) is 11.3. The van der Waals surface area contributed by atoms with Crippen molar-refractivity contribution in [2.75, 3.05) is 5.32 Å². The normalized spacial score (nSPS) is 20.6. The Morgan fingerprint density at radius 1 is 1.40 bits per heavy atom. The van der Waals surface area contributed by atoms with Crippen molar-refractivity contribution in [3.8, 4) is 0 Å². The van der Waals surface area contributed by atoms with Crippen molar-refractivity contribution >= 4 is 11.6 Å². The second-order valence-corrected chi connectivity index (χ2v) is 5.78. The highest BCUT2D eigenvalue weighted by Crippen LogP contribution is 2.44. The summed E-state index contributed by atoms with van der Waals surface area (Å²) >= 11 is 0. The summed E-state index contributed by atoms with van der Waals surface area (Å²) in [6, 6.07) is 6.86. The van der Waals surface area contributed by atoms with Gasteiger partial charge in [0.05, 0.1) is 0 Å². The van der Waals surface area contributed by atoms with Crippen LogP contribution in [-0.4, -0.2) is 18.1 Å². The SMILES string of the molecule is CC1(C)CC1NCc1cccc(NC(=O)C(F)(F)F)c1. The molecule has 0 radical (unpaired) electrons. The summed E-state index contributed by atoms with van der Waals surface area (Å²) in [5.41, 5.74) is 1.29. The number of halogens is 3. The average molecular weight is 286 g/mol. The third kappa shape index (κ3) is 3.72. The molecule has 110 valence electrons. The standard InChI is InChI=1S/C14H17F3N2O/c1-13(2)7-11(13)18-8-9-4-3-5-10(6-9)19-12(20)14(15,16)17/h3-6,11,18H,7-8H2,1-2H3,(H,19,20). The number of alkyl halides is 3. The van der Waals surface area contributed by atoms with Crippen molar-refractivity contribution in [3.05, 3.63) is 29.8 Å². The Bertz CT molecular complexity index is 511. The van der Waals surface area contributed by atoms with Crippen molar-refractivity contribution in [3.63, 3.8) is 0 Å². The largest absolute Gasteiger partial charge is 0.471 e. The highest BCUT2D eigenvalue weighted by molar-refractivity contribution is 5.94. The Hall–Kier alpha value is -1.56. The van der Waals surface area contributed by atoms with Gasteiger partial charge in [-0.2, -0.15) is 13.2 Å². The summed E-state index contributed by atoms with van der Waals surface area (Å²) in [5, 5.41) is 5.19. The van der Waals surface area contributed by atoms with Crippen molar-refractivity contribution in [1.82, 2.24) is 5.32 Å². The quantitative estimate of drug-likeness (QED) is 0.893. The van der Waals surface area contributed by atoms with E-state index < -0.39 is 12.1 Å². The molecule has 0 aliphatic heterocycles. The second-order valence-electron chi connectivity index (χ2n) is 5.78. The molecule has 1 unspecified atom stereocenters. The summed E-state index contributed by atoms with van der Waals surface area (Å²) in [4.78, 5) is 10.9. The van der Waals surface area contributed by atoms with E-state index in [1.165, 1.54) is 6.07 Å². The fraction of sp³-hybridized carbons (Fsp3) is 0.500. The smallest absolute Gasteiger partial charge is 0.318 e. The topological polar surface area (TPSA) is 41.1 Å². The van der Waals surface area contributed by atoms with Gasteiger partial charge in [0.15, 0.2) is 0 Å². The van der Waals surface area contributed by atoms with Crippen LogP contribution in [0.2, 0.25) is 0 Å². The highest BCUT2D eigenvalue weighted by atomic mass is 19.4. The molecule has 0 heterocycles. The molecule has 3 nitrogen and oxygen atoms in total. The van der Waals surface area contributed by atoms with Gasteiger partial charge < -0.3 is 10.6 Å². The number of carbonyl (C=O) groups excluding carboxylic acids is 1. The number of hydrogen-bond acceptors (Lipinski definition) is 2. The maximum atomic E-state index is 12.2. The minimum Gasteiger partial charge on any atom is -0.318 e. The fourth-order valence-corrected chi connectivity index (χ4v) is 2.02. The van der Waals surface area contributed by atoms with Crippen LogP contribution in [0.3, 0.4) is 0 Å². The zero-order chi connectivity index (χ0) is 15.0. The summed E-state index contributed by atoms with van der Waals surface area (Å²) in [7, 11) is 0. The first-order valence-electron chi connectivity index (χ1n) is 6.39. The monoisotopic (exact) mass is 286 g/mol. The number of rotatable bonds is 4. The first kappa shape index (κ1) is 14.8. The van der Waals surface area contributed by atoms with Gasteiger partial charge in [-0.1, -0.05) is 26.0 Å². The van der Waals surface area contributed by atoms with Crippen LogP contribution in [0.25, 0.3) is 0 Å². The Morgan fingerprint density at radius 2 is 2.05 bits per heavy atom. The molecule has 0 spiro atoms. The number of amides is 1. The van der Waals surface area contributed by atoms with Crippen LogP contribution >= 0.6 is 0 Å². The molecule has 0 bridgehead atoms. The number of anilines is 1. The first-order valence-corrected chi connectivity index (χ1v) is 6.39. The number of benzene rings is 1. The molecular formula is C14H17F3N2O. The summed E-state index contributed by atoms with van der Waals surface area (Å²) in [5.74, 6) is -1.95. The second kappa shape index (κ2) is 5.09. The van der Waals surface area contributed by atoms with Gasteiger partial charge in [0, 0.05) is 18.3 Å². The van der Waals surface area contributed by atoms with Crippen LogP contribution in [0.15, 0.2) is 24.3 Å². The molecule has 1 aliphatic rings. The van der Waals surface area contributed by atoms with E-state index in [4.69, 9.17) is 0 Å². The lowest BCUT2D eigenvalue weighted by atomic mass is 10.1. The van der Waals surface area contributed by atoms with Gasteiger partial charge in [0.1, 0.15) is 0 Å². The van der Waals surface area contributed by atoms with Crippen molar-refractivity contribution < 1.29 is 18.0 Å². The minimum atomic E-state index is -4.87. The van der Waals surface area contributed by atoms with E-state index in [0.717, 1.165) is 12.0 Å². The Kier molecular flexibility index (Phi) is 3.77. The van der Waals surface area contributed by atoms with E-state index in [1.54, 1.807) is 12.1 Å². The lowest BCUT2D eigenvalue weighted by Crippen LogP contribution is -2.30. The first-order chi connectivity index (χ1) is 9.18. The van der Waals surface area contributed by atoms with E-state index >= 15 is 0 Å². The molecule has 1 aliphatic carbocycles. The van der Waals surface area contributed by atoms with Gasteiger partial charge in [-0.3, -0.25) is 4.79 Å². The van der Waals surface area contributed by atoms with Gasteiger partial charge in [-0.05, 0) is 29.5 Å². The lowest BCUT2D eigenvalue weighted by molar-refractivity contribution is -0.167. The zero-order valence-electron chi connectivity index (χ0n) is 11.3. The average Bonchev–Trinajstić information content (AvgIpc) is 2.94. The predicted molar refractivity (Wildman–Crippen MR) is 70.2 cm³/mol. The molecule has 2 N–H and O–H groups in total. The van der Waals surface area contributed by atoms with Gasteiger partial charge in [-0.15, -0.1) is 0 Å². The van der Waals surface area contributed by atoms with E-state index in [2.05, 4.69) is 19.2 Å². The van der Waals surface area contributed by atoms with E-state index in [-0.39, 0.29) is 5.69 Å². The predicted octanol–water partition coefficient (Wildman–Crippen LogP) is 3.08. The van der Waals surface area contributed by atoms with Crippen LogP contribution in [0.1, 0.15) is 25.8 Å². The van der Waals surface area contributed by atoms with E-state index in [0.29, 0.717) is 18.0 Å². The van der Waals surface area contributed by atoms with Crippen LogP contribution in [0.4, 0.5) is 18.9 Å². The maximum Gasteiger partial charge on any atom is 0.471 e. The van der Waals surface area contributed by atoms with Crippen molar-refractivity contribution in [2.24, 2.45) is 5.41 Å². The molecule has 20 heavy (non-hydrogen) atoms. The minimum absolute atomic E-state index is 0.154. The Morgan fingerprint density at radius 3 is 2.60 bits per heavy atom. The van der Waals surface area contributed by atoms with Crippen LogP contribution in [0, 0.1) is 5.41 Å². The molecule has 0 saturated heterocycles. The van der Waals surface area contributed by atoms with Gasteiger partial charge in [0.2, 0.25) is 0 Å². The molecule has 1 amide bonds. The molecular weight excluding hydrogens is 269 g/mol. The number of carbonyl (C=O) groups is 1. The molecule has 6 heteroatoms. The molecule has 1 aromatic carbocycles. The Balaban J connectivity index is 1.93.